The van der Waals surface area contributed by atoms with E-state index in [1.165, 1.54) is 6.92 Å². The van der Waals surface area contributed by atoms with E-state index in [1.807, 2.05) is 36.1 Å². The van der Waals surface area contributed by atoms with Gasteiger partial charge in [-0.2, -0.15) is 0 Å². The van der Waals surface area contributed by atoms with E-state index in [-0.39, 0.29) is 23.8 Å². The third-order valence-corrected chi connectivity index (χ3v) is 5.15. The van der Waals surface area contributed by atoms with Crippen LogP contribution in [0.25, 0.3) is 0 Å². The van der Waals surface area contributed by atoms with Gasteiger partial charge in [-0.15, -0.1) is 0 Å². The summed E-state index contributed by atoms with van der Waals surface area (Å²) in [6.45, 7) is 6.12. The Morgan fingerprint density at radius 1 is 1.07 bits per heavy atom. The molecule has 3 amide bonds. The molecule has 146 valence electrons. The van der Waals surface area contributed by atoms with Crippen LogP contribution in [0, 0.1) is 0 Å². The fourth-order valence-electron chi connectivity index (χ4n) is 3.27. The SMILES string of the molecule is CC(=O)Nc1ccc(CC(=O)N2CCN(C(C)C(=O)NC3CC3)CC2)cc1. The number of anilines is 1. The van der Waals surface area contributed by atoms with Crippen LogP contribution in [0.4, 0.5) is 5.69 Å². The summed E-state index contributed by atoms with van der Waals surface area (Å²) in [7, 11) is 0. The minimum absolute atomic E-state index is 0.0940. The molecule has 0 radical (unpaired) electrons. The van der Waals surface area contributed by atoms with Crippen molar-refractivity contribution < 1.29 is 14.4 Å². The molecular weight excluding hydrogens is 344 g/mol. The van der Waals surface area contributed by atoms with Crippen molar-refractivity contribution in [2.24, 2.45) is 0 Å². The summed E-state index contributed by atoms with van der Waals surface area (Å²) in [5, 5.41) is 5.76. The molecule has 0 spiro atoms. The number of benzene rings is 1. The highest BCUT2D eigenvalue weighted by atomic mass is 16.2. The number of hydrogen-bond acceptors (Lipinski definition) is 4. The zero-order chi connectivity index (χ0) is 19.4. The van der Waals surface area contributed by atoms with Gasteiger partial charge in [-0.05, 0) is 37.5 Å². The molecule has 2 N–H and O–H groups in total. The van der Waals surface area contributed by atoms with Gasteiger partial charge in [0.25, 0.3) is 0 Å². The summed E-state index contributed by atoms with van der Waals surface area (Å²) < 4.78 is 0. The lowest BCUT2D eigenvalue weighted by atomic mass is 10.1. The number of hydrogen-bond donors (Lipinski definition) is 2. The first-order chi connectivity index (χ1) is 12.9. The molecule has 1 saturated carbocycles. The zero-order valence-electron chi connectivity index (χ0n) is 16.0. The molecule has 2 aliphatic rings. The van der Waals surface area contributed by atoms with Gasteiger partial charge in [-0.3, -0.25) is 19.3 Å². The maximum atomic E-state index is 12.6. The van der Waals surface area contributed by atoms with Crippen LogP contribution in [0.1, 0.15) is 32.3 Å². The summed E-state index contributed by atoms with van der Waals surface area (Å²) in [5.74, 6) is 0.0743. The lowest BCUT2D eigenvalue weighted by Crippen LogP contribution is -2.55. The van der Waals surface area contributed by atoms with Crippen molar-refractivity contribution in [3.05, 3.63) is 29.8 Å². The van der Waals surface area contributed by atoms with Crippen LogP contribution in [0.15, 0.2) is 24.3 Å². The number of nitrogens with zero attached hydrogens (tertiary/aromatic N) is 2. The second kappa shape index (κ2) is 8.52. The highest BCUT2D eigenvalue weighted by Gasteiger charge is 2.30. The smallest absolute Gasteiger partial charge is 0.237 e. The molecule has 1 heterocycles. The van der Waals surface area contributed by atoms with E-state index in [1.54, 1.807) is 0 Å². The highest BCUT2D eigenvalue weighted by Crippen LogP contribution is 2.19. The number of amides is 3. The van der Waals surface area contributed by atoms with Gasteiger partial charge in [0.2, 0.25) is 17.7 Å². The third-order valence-electron chi connectivity index (χ3n) is 5.15. The standard InChI is InChI=1S/C20H28N4O3/c1-14(20(27)22-18-7-8-18)23-9-11-24(12-10-23)19(26)13-16-3-5-17(6-4-16)21-15(2)25/h3-6,14,18H,7-13H2,1-2H3,(H,21,25)(H,22,27). The molecule has 1 aliphatic heterocycles. The number of nitrogens with one attached hydrogen (secondary N) is 2. The molecule has 27 heavy (non-hydrogen) atoms. The molecule has 1 aliphatic carbocycles. The first-order valence-corrected chi connectivity index (χ1v) is 9.61. The van der Waals surface area contributed by atoms with Gasteiger partial charge in [0, 0.05) is 44.8 Å². The van der Waals surface area contributed by atoms with Gasteiger partial charge >= 0.3 is 0 Å². The average molecular weight is 372 g/mol. The van der Waals surface area contributed by atoms with Gasteiger partial charge in [-0.25, -0.2) is 0 Å². The molecule has 2 fully saturated rings. The van der Waals surface area contributed by atoms with E-state index >= 15 is 0 Å². The van der Waals surface area contributed by atoms with Crippen molar-refractivity contribution in [2.75, 3.05) is 31.5 Å². The molecule has 1 saturated heterocycles. The fourth-order valence-corrected chi connectivity index (χ4v) is 3.27. The molecule has 1 aromatic carbocycles. The average Bonchev–Trinajstić information content (AvgIpc) is 3.46. The van der Waals surface area contributed by atoms with E-state index in [4.69, 9.17) is 0 Å². The molecule has 3 rings (SSSR count). The summed E-state index contributed by atoms with van der Waals surface area (Å²) in [6, 6.07) is 7.57. The van der Waals surface area contributed by atoms with Crippen molar-refractivity contribution in [1.29, 1.82) is 0 Å². The number of piperazine rings is 1. The third kappa shape index (κ3) is 5.53. The van der Waals surface area contributed by atoms with Crippen molar-refractivity contribution in [1.82, 2.24) is 15.1 Å². The Kier molecular flexibility index (Phi) is 6.11. The second-order valence-electron chi connectivity index (χ2n) is 7.43. The minimum atomic E-state index is -0.149. The van der Waals surface area contributed by atoms with Gasteiger partial charge < -0.3 is 15.5 Å². The van der Waals surface area contributed by atoms with Crippen LogP contribution in [-0.4, -0.2) is 65.8 Å². The normalized spacial score (nSPS) is 18.7. The van der Waals surface area contributed by atoms with E-state index in [2.05, 4.69) is 15.5 Å². The number of carbonyl (C=O) groups excluding carboxylic acids is 3. The van der Waals surface area contributed by atoms with Gasteiger partial charge in [0.15, 0.2) is 0 Å². The fraction of sp³-hybridized carbons (Fsp3) is 0.550. The maximum Gasteiger partial charge on any atom is 0.237 e. The second-order valence-corrected chi connectivity index (χ2v) is 7.43. The van der Waals surface area contributed by atoms with Crippen molar-refractivity contribution >= 4 is 23.4 Å². The molecular formula is C20H28N4O3. The van der Waals surface area contributed by atoms with Crippen LogP contribution in [0.5, 0.6) is 0 Å². The van der Waals surface area contributed by atoms with Crippen LogP contribution in [-0.2, 0) is 20.8 Å². The molecule has 0 aromatic heterocycles. The highest BCUT2D eigenvalue weighted by molar-refractivity contribution is 5.88. The van der Waals surface area contributed by atoms with E-state index in [0.717, 1.165) is 24.1 Å². The molecule has 1 atom stereocenters. The lowest BCUT2D eigenvalue weighted by Gasteiger charge is -2.37. The van der Waals surface area contributed by atoms with Crippen LogP contribution in [0.3, 0.4) is 0 Å². The predicted octanol–water partition coefficient (Wildman–Crippen LogP) is 0.999. The number of rotatable bonds is 6. The molecule has 7 heteroatoms. The van der Waals surface area contributed by atoms with Crippen molar-refractivity contribution in [2.45, 2.75) is 45.2 Å². The van der Waals surface area contributed by atoms with Gasteiger partial charge in [-0.1, -0.05) is 12.1 Å². The van der Waals surface area contributed by atoms with E-state index < -0.39 is 0 Å². The first-order valence-electron chi connectivity index (χ1n) is 9.61. The Bertz CT molecular complexity index is 692. The Labute approximate surface area is 160 Å². The van der Waals surface area contributed by atoms with Crippen molar-refractivity contribution in [3.63, 3.8) is 0 Å². The minimum Gasteiger partial charge on any atom is -0.352 e. The topological polar surface area (TPSA) is 81.8 Å². The molecule has 0 bridgehead atoms. The summed E-state index contributed by atoms with van der Waals surface area (Å²) >= 11 is 0. The summed E-state index contributed by atoms with van der Waals surface area (Å²) in [6.07, 6.45) is 2.52. The van der Waals surface area contributed by atoms with Gasteiger partial charge in [0.05, 0.1) is 12.5 Å². The summed E-state index contributed by atoms with van der Waals surface area (Å²) in [4.78, 5) is 39.8. The lowest BCUT2D eigenvalue weighted by molar-refractivity contribution is -0.133. The predicted molar refractivity (Wildman–Crippen MR) is 103 cm³/mol. The van der Waals surface area contributed by atoms with Crippen LogP contribution < -0.4 is 10.6 Å². The summed E-state index contributed by atoms with van der Waals surface area (Å²) in [5.41, 5.74) is 1.65. The first kappa shape index (κ1) is 19.4. The monoisotopic (exact) mass is 372 g/mol. The Morgan fingerprint density at radius 2 is 1.70 bits per heavy atom. The van der Waals surface area contributed by atoms with E-state index in [9.17, 15) is 14.4 Å². The Balaban J connectivity index is 1.45. The Morgan fingerprint density at radius 3 is 2.26 bits per heavy atom. The van der Waals surface area contributed by atoms with Crippen LogP contribution in [0.2, 0.25) is 0 Å². The van der Waals surface area contributed by atoms with E-state index in [0.29, 0.717) is 38.6 Å². The van der Waals surface area contributed by atoms with Crippen molar-refractivity contribution in [3.8, 4) is 0 Å². The maximum absolute atomic E-state index is 12.6. The van der Waals surface area contributed by atoms with Crippen LogP contribution >= 0.6 is 0 Å². The molecule has 1 unspecified atom stereocenters. The molecule has 7 nitrogen and oxygen atoms in total. The largest absolute Gasteiger partial charge is 0.352 e. The van der Waals surface area contributed by atoms with Gasteiger partial charge in [0.1, 0.15) is 0 Å². The Hall–Kier alpha value is -2.41. The number of carbonyl (C=O) groups is 3. The quantitative estimate of drug-likeness (QED) is 0.781. The zero-order valence-corrected chi connectivity index (χ0v) is 16.0. The molecule has 1 aromatic rings.